The van der Waals surface area contributed by atoms with Crippen LogP contribution in [0.25, 0.3) is 0 Å². The van der Waals surface area contributed by atoms with Gasteiger partial charge in [0.05, 0.1) is 10.6 Å². The Balaban J connectivity index is 1.73. The van der Waals surface area contributed by atoms with Crippen LogP contribution in [0, 0.1) is 6.92 Å². The maximum absolute atomic E-state index is 12.7. The van der Waals surface area contributed by atoms with Gasteiger partial charge in [-0.2, -0.15) is 0 Å². The van der Waals surface area contributed by atoms with Gasteiger partial charge in [0.2, 0.25) is 0 Å². The van der Waals surface area contributed by atoms with E-state index in [4.69, 9.17) is 0 Å². The number of rotatable bonds is 7. The van der Waals surface area contributed by atoms with Crippen molar-refractivity contribution in [1.82, 2.24) is 5.32 Å². The van der Waals surface area contributed by atoms with Crippen molar-refractivity contribution in [2.24, 2.45) is 0 Å². The van der Waals surface area contributed by atoms with Gasteiger partial charge in [-0.3, -0.25) is 9.52 Å². The number of nitrogens with one attached hydrogen (secondary N) is 2. The standard InChI is InChI=1S/C23H24N2O3S/c1-17(19-10-5-3-6-11-19)16-24-23(26)21-14-9-15-22(18(21)2)25-29(27,28)20-12-7-4-8-13-20/h3-15,17,25H,16H2,1-2H3,(H,24,26)/t17-/m1/s1. The average molecular weight is 409 g/mol. The minimum absolute atomic E-state index is 0.167. The Morgan fingerprint density at radius 2 is 1.52 bits per heavy atom. The van der Waals surface area contributed by atoms with Gasteiger partial charge in [0, 0.05) is 12.1 Å². The summed E-state index contributed by atoms with van der Waals surface area (Å²) in [7, 11) is -3.72. The van der Waals surface area contributed by atoms with E-state index in [0.717, 1.165) is 5.56 Å². The first-order valence-electron chi connectivity index (χ1n) is 9.39. The molecule has 5 nitrogen and oxygen atoms in total. The second-order valence-electron chi connectivity index (χ2n) is 6.92. The van der Waals surface area contributed by atoms with E-state index in [0.29, 0.717) is 23.4 Å². The summed E-state index contributed by atoms with van der Waals surface area (Å²) in [5.41, 5.74) is 2.56. The number of hydrogen-bond donors (Lipinski definition) is 2. The Morgan fingerprint density at radius 1 is 0.897 bits per heavy atom. The summed E-state index contributed by atoms with van der Waals surface area (Å²) in [4.78, 5) is 12.9. The molecule has 1 amide bonds. The van der Waals surface area contributed by atoms with Crippen LogP contribution in [0.3, 0.4) is 0 Å². The number of hydrogen-bond acceptors (Lipinski definition) is 3. The number of amides is 1. The summed E-state index contributed by atoms with van der Waals surface area (Å²) in [6, 6.07) is 23.1. The predicted molar refractivity (Wildman–Crippen MR) is 116 cm³/mol. The molecule has 0 aliphatic heterocycles. The molecule has 6 heteroatoms. The number of carbonyl (C=O) groups excluding carboxylic acids is 1. The highest BCUT2D eigenvalue weighted by Gasteiger charge is 2.18. The molecule has 3 aromatic rings. The van der Waals surface area contributed by atoms with Gasteiger partial charge in [0.25, 0.3) is 15.9 Å². The molecular formula is C23H24N2O3S. The molecule has 0 aromatic heterocycles. The zero-order valence-corrected chi connectivity index (χ0v) is 17.2. The van der Waals surface area contributed by atoms with Gasteiger partial charge in [-0.15, -0.1) is 0 Å². The second kappa shape index (κ2) is 8.92. The van der Waals surface area contributed by atoms with E-state index < -0.39 is 10.0 Å². The normalized spacial score (nSPS) is 12.2. The number of carbonyl (C=O) groups is 1. The van der Waals surface area contributed by atoms with Crippen LogP contribution in [-0.2, 0) is 10.0 Å². The van der Waals surface area contributed by atoms with Crippen molar-refractivity contribution in [3.05, 3.63) is 95.6 Å². The van der Waals surface area contributed by atoms with E-state index >= 15 is 0 Å². The van der Waals surface area contributed by atoms with Crippen LogP contribution >= 0.6 is 0 Å². The van der Waals surface area contributed by atoms with Gasteiger partial charge >= 0.3 is 0 Å². The molecule has 3 aromatic carbocycles. The van der Waals surface area contributed by atoms with E-state index in [1.807, 2.05) is 37.3 Å². The quantitative estimate of drug-likeness (QED) is 0.611. The topological polar surface area (TPSA) is 75.3 Å². The summed E-state index contributed by atoms with van der Waals surface area (Å²) >= 11 is 0. The molecule has 0 saturated carbocycles. The minimum atomic E-state index is -3.72. The monoisotopic (exact) mass is 408 g/mol. The third kappa shape index (κ3) is 5.03. The zero-order chi connectivity index (χ0) is 20.9. The van der Waals surface area contributed by atoms with Gasteiger partial charge in [-0.25, -0.2) is 8.42 Å². The van der Waals surface area contributed by atoms with Gasteiger partial charge in [0.1, 0.15) is 0 Å². The molecule has 150 valence electrons. The number of benzene rings is 3. The molecule has 0 saturated heterocycles. The van der Waals surface area contributed by atoms with Crippen LogP contribution in [0.4, 0.5) is 5.69 Å². The van der Waals surface area contributed by atoms with Gasteiger partial charge in [0.15, 0.2) is 0 Å². The van der Waals surface area contributed by atoms with Crippen molar-refractivity contribution in [3.8, 4) is 0 Å². The molecule has 29 heavy (non-hydrogen) atoms. The van der Waals surface area contributed by atoms with Crippen molar-refractivity contribution >= 4 is 21.6 Å². The Bertz CT molecular complexity index is 1080. The fourth-order valence-electron chi connectivity index (χ4n) is 3.04. The van der Waals surface area contributed by atoms with Crippen LogP contribution in [-0.4, -0.2) is 20.9 Å². The summed E-state index contributed by atoms with van der Waals surface area (Å²) in [5.74, 6) is -0.0636. The second-order valence-corrected chi connectivity index (χ2v) is 8.60. The molecule has 0 bridgehead atoms. The molecular weight excluding hydrogens is 384 g/mol. The first-order chi connectivity index (χ1) is 13.9. The van der Waals surface area contributed by atoms with Gasteiger partial charge < -0.3 is 5.32 Å². The molecule has 0 radical (unpaired) electrons. The van der Waals surface area contributed by atoms with Crippen LogP contribution in [0.5, 0.6) is 0 Å². The highest BCUT2D eigenvalue weighted by Crippen LogP contribution is 2.23. The van der Waals surface area contributed by atoms with E-state index in [1.54, 1.807) is 43.3 Å². The molecule has 0 spiro atoms. The van der Waals surface area contributed by atoms with Crippen LogP contribution in [0.15, 0.2) is 83.8 Å². The Morgan fingerprint density at radius 3 is 2.17 bits per heavy atom. The lowest BCUT2D eigenvalue weighted by Crippen LogP contribution is -2.28. The van der Waals surface area contributed by atoms with Crippen molar-refractivity contribution in [1.29, 1.82) is 0 Å². The van der Waals surface area contributed by atoms with E-state index in [2.05, 4.69) is 10.0 Å². The SMILES string of the molecule is Cc1c(NS(=O)(=O)c2ccccc2)cccc1C(=O)NC[C@@H](C)c1ccccc1. The van der Waals surface area contributed by atoms with Crippen molar-refractivity contribution < 1.29 is 13.2 Å². The Labute approximate surface area is 171 Å². The molecule has 0 heterocycles. The Hall–Kier alpha value is -3.12. The highest BCUT2D eigenvalue weighted by molar-refractivity contribution is 7.92. The summed E-state index contributed by atoms with van der Waals surface area (Å²) < 4.78 is 27.8. The zero-order valence-electron chi connectivity index (χ0n) is 16.4. The highest BCUT2D eigenvalue weighted by atomic mass is 32.2. The molecule has 2 N–H and O–H groups in total. The lowest BCUT2D eigenvalue weighted by Gasteiger charge is -2.16. The molecule has 3 rings (SSSR count). The third-order valence-corrected chi connectivity index (χ3v) is 6.20. The first-order valence-corrected chi connectivity index (χ1v) is 10.9. The lowest BCUT2D eigenvalue weighted by molar-refractivity contribution is 0.0951. The van der Waals surface area contributed by atoms with Crippen LogP contribution in [0.2, 0.25) is 0 Å². The molecule has 1 atom stereocenters. The summed E-state index contributed by atoms with van der Waals surface area (Å²) in [6.45, 7) is 4.27. The van der Waals surface area contributed by atoms with Crippen molar-refractivity contribution in [2.45, 2.75) is 24.7 Å². The van der Waals surface area contributed by atoms with E-state index in [-0.39, 0.29) is 16.7 Å². The molecule has 0 fully saturated rings. The van der Waals surface area contributed by atoms with Crippen molar-refractivity contribution in [3.63, 3.8) is 0 Å². The first kappa shape index (κ1) is 20.6. The predicted octanol–water partition coefficient (Wildman–Crippen LogP) is 4.33. The van der Waals surface area contributed by atoms with Crippen molar-refractivity contribution in [2.75, 3.05) is 11.3 Å². The average Bonchev–Trinajstić information content (AvgIpc) is 2.74. The summed E-state index contributed by atoms with van der Waals surface area (Å²) in [6.07, 6.45) is 0. The van der Waals surface area contributed by atoms with Crippen LogP contribution in [0.1, 0.15) is 34.3 Å². The minimum Gasteiger partial charge on any atom is -0.351 e. The van der Waals surface area contributed by atoms with E-state index in [9.17, 15) is 13.2 Å². The maximum atomic E-state index is 12.7. The smallest absolute Gasteiger partial charge is 0.261 e. The fraction of sp³-hybridized carbons (Fsp3) is 0.174. The maximum Gasteiger partial charge on any atom is 0.261 e. The number of sulfonamides is 1. The van der Waals surface area contributed by atoms with E-state index in [1.165, 1.54) is 12.1 Å². The molecule has 0 aliphatic carbocycles. The third-order valence-electron chi connectivity index (χ3n) is 4.81. The molecule has 0 unspecified atom stereocenters. The lowest BCUT2D eigenvalue weighted by atomic mass is 10.0. The number of anilines is 1. The van der Waals surface area contributed by atoms with Crippen LogP contribution < -0.4 is 10.0 Å². The summed E-state index contributed by atoms with van der Waals surface area (Å²) in [5, 5.41) is 2.94. The largest absolute Gasteiger partial charge is 0.351 e. The van der Waals surface area contributed by atoms with Gasteiger partial charge in [-0.05, 0) is 48.2 Å². The molecule has 0 aliphatic rings. The van der Waals surface area contributed by atoms with Gasteiger partial charge in [-0.1, -0.05) is 61.5 Å². The Kier molecular flexibility index (Phi) is 6.34. The fourth-order valence-corrected chi connectivity index (χ4v) is 4.18.